The predicted octanol–water partition coefficient (Wildman–Crippen LogP) is 1.69. The standard InChI is InChI=1S/C14H24N2O2/c1-2-9-15-12(11-5-3-4-6-11)10-16-13(17)7-8-14(16)18/h11-12,15H,2-10H2,1H3. The third kappa shape index (κ3) is 3.10. The fraction of sp³-hybridized carbons (Fsp3) is 0.857. The van der Waals surface area contributed by atoms with Crippen LogP contribution in [0.15, 0.2) is 0 Å². The summed E-state index contributed by atoms with van der Waals surface area (Å²) in [5, 5.41) is 3.53. The number of hydrogen-bond donors (Lipinski definition) is 1. The van der Waals surface area contributed by atoms with Gasteiger partial charge in [-0.3, -0.25) is 14.5 Å². The predicted molar refractivity (Wildman–Crippen MR) is 70.0 cm³/mol. The molecule has 4 heteroatoms. The molecule has 2 aliphatic rings. The highest BCUT2D eigenvalue weighted by Crippen LogP contribution is 2.29. The molecule has 1 aliphatic carbocycles. The Labute approximate surface area is 109 Å². The van der Waals surface area contributed by atoms with E-state index in [2.05, 4.69) is 12.2 Å². The van der Waals surface area contributed by atoms with E-state index in [1.165, 1.54) is 30.6 Å². The van der Waals surface area contributed by atoms with Crippen molar-refractivity contribution in [2.75, 3.05) is 13.1 Å². The Morgan fingerprint density at radius 3 is 2.39 bits per heavy atom. The lowest BCUT2D eigenvalue weighted by atomic mass is 9.97. The number of imide groups is 1. The monoisotopic (exact) mass is 252 g/mol. The Balaban J connectivity index is 1.95. The van der Waals surface area contributed by atoms with Gasteiger partial charge in [0.15, 0.2) is 0 Å². The number of rotatable bonds is 6. The highest BCUT2D eigenvalue weighted by atomic mass is 16.2. The van der Waals surface area contributed by atoms with E-state index in [4.69, 9.17) is 0 Å². The SMILES string of the molecule is CCCNC(CN1C(=O)CCC1=O)C1CCCC1. The zero-order valence-corrected chi connectivity index (χ0v) is 11.3. The second-order valence-corrected chi connectivity index (χ2v) is 5.50. The molecule has 2 amide bonds. The lowest BCUT2D eigenvalue weighted by Crippen LogP contribution is -2.47. The number of carbonyl (C=O) groups excluding carboxylic acids is 2. The zero-order chi connectivity index (χ0) is 13.0. The average molecular weight is 252 g/mol. The fourth-order valence-electron chi connectivity index (χ4n) is 3.09. The van der Waals surface area contributed by atoms with E-state index in [1.807, 2.05) is 0 Å². The molecule has 1 saturated carbocycles. The van der Waals surface area contributed by atoms with Gasteiger partial charge < -0.3 is 5.32 Å². The quantitative estimate of drug-likeness (QED) is 0.732. The molecule has 1 atom stereocenters. The Kier molecular flexibility index (Phi) is 4.75. The van der Waals surface area contributed by atoms with Crippen LogP contribution < -0.4 is 5.32 Å². The van der Waals surface area contributed by atoms with Crippen LogP contribution in [0.5, 0.6) is 0 Å². The molecule has 1 unspecified atom stereocenters. The number of carbonyl (C=O) groups is 2. The van der Waals surface area contributed by atoms with Crippen LogP contribution in [0.1, 0.15) is 51.9 Å². The van der Waals surface area contributed by atoms with Crippen molar-refractivity contribution in [1.29, 1.82) is 0 Å². The summed E-state index contributed by atoms with van der Waals surface area (Å²) in [4.78, 5) is 24.9. The number of amides is 2. The number of likely N-dealkylation sites (tertiary alicyclic amines) is 1. The van der Waals surface area contributed by atoms with E-state index in [1.54, 1.807) is 0 Å². The van der Waals surface area contributed by atoms with Crippen molar-refractivity contribution in [3.63, 3.8) is 0 Å². The topological polar surface area (TPSA) is 49.4 Å². The van der Waals surface area contributed by atoms with Crippen molar-refractivity contribution >= 4 is 11.8 Å². The summed E-state index contributed by atoms with van der Waals surface area (Å²) in [6, 6.07) is 0.304. The molecule has 1 N–H and O–H groups in total. The van der Waals surface area contributed by atoms with Gasteiger partial charge in [0.25, 0.3) is 0 Å². The average Bonchev–Trinajstić information content (AvgIpc) is 2.98. The number of nitrogens with one attached hydrogen (secondary N) is 1. The van der Waals surface area contributed by atoms with E-state index >= 15 is 0 Å². The number of hydrogen-bond acceptors (Lipinski definition) is 3. The van der Waals surface area contributed by atoms with Crippen LogP contribution in [0.2, 0.25) is 0 Å². The Bertz CT molecular complexity index is 295. The highest BCUT2D eigenvalue weighted by Gasteiger charge is 2.33. The van der Waals surface area contributed by atoms with Gasteiger partial charge in [-0.1, -0.05) is 19.8 Å². The van der Waals surface area contributed by atoms with Crippen LogP contribution in [-0.4, -0.2) is 35.8 Å². The Hall–Kier alpha value is -0.900. The van der Waals surface area contributed by atoms with Crippen molar-refractivity contribution in [2.24, 2.45) is 5.92 Å². The molecule has 0 radical (unpaired) electrons. The van der Waals surface area contributed by atoms with Crippen LogP contribution in [0, 0.1) is 5.92 Å². The molecule has 0 aromatic carbocycles. The van der Waals surface area contributed by atoms with Gasteiger partial charge in [-0.25, -0.2) is 0 Å². The summed E-state index contributed by atoms with van der Waals surface area (Å²) in [6.07, 6.45) is 6.95. The first kappa shape index (κ1) is 13.5. The van der Waals surface area contributed by atoms with Crippen LogP contribution in [-0.2, 0) is 9.59 Å². The summed E-state index contributed by atoms with van der Waals surface area (Å²) < 4.78 is 0. The molecule has 0 spiro atoms. The molecule has 1 saturated heterocycles. The maximum atomic E-state index is 11.7. The van der Waals surface area contributed by atoms with Gasteiger partial charge in [-0.2, -0.15) is 0 Å². The van der Waals surface area contributed by atoms with Crippen molar-refractivity contribution in [1.82, 2.24) is 10.2 Å². The van der Waals surface area contributed by atoms with E-state index in [0.717, 1.165) is 13.0 Å². The molecule has 1 aliphatic heterocycles. The maximum Gasteiger partial charge on any atom is 0.229 e. The van der Waals surface area contributed by atoms with Crippen molar-refractivity contribution in [3.8, 4) is 0 Å². The smallest absolute Gasteiger partial charge is 0.229 e. The summed E-state index contributed by atoms with van der Waals surface area (Å²) in [7, 11) is 0. The lowest BCUT2D eigenvalue weighted by Gasteiger charge is -2.28. The molecular formula is C14H24N2O2. The van der Waals surface area contributed by atoms with Gasteiger partial charge in [0, 0.05) is 25.4 Å². The normalized spacial score (nSPS) is 23.1. The molecule has 102 valence electrons. The summed E-state index contributed by atoms with van der Waals surface area (Å²) >= 11 is 0. The second kappa shape index (κ2) is 6.32. The third-order valence-corrected chi connectivity index (χ3v) is 4.16. The summed E-state index contributed by atoms with van der Waals surface area (Å²) in [5.41, 5.74) is 0. The minimum Gasteiger partial charge on any atom is -0.312 e. The van der Waals surface area contributed by atoms with Crippen molar-refractivity contribution in [3.05, 3.63) is 0 Å². The van der Waals surface area contributed by atoms with Gasteiger partial charge in [0.1, 0.15) is 0 Å². The van der Waals surface area contributed by atoms with E-state index in [9.17, 15) is 9.59 Å². The van der Waals surface area contributed by atoms with Crippen LogP contribution in [0.3, 0.4) is 0 Å². The largest absolute Gasteiger partial charge is 0.312 e. The van der Waals surface area contributed by atoms with Gasteiger partial charge >= 0.3 is 0 Å². The molecule has 0 bridgehead atoms. The van der Waals surface area contributed by atoms with Gasteiger partial charge in [-0.15, -0.1) is 0 Å². The molecular weight excluding hydrogens is 228 g/mol. The Morgan fingerprint density at radius 1 is 1.22 bits per heavy atom. The summed E-state index contributed by atoms with van der Waals surface area (Å²) in [6.45, 7) is 3.70. The van der Waals surface area contributed by atoms with Gasteiger partial charge in [0.2, 0.25) is 11.8 Å². The van der Waals surface area contributed by atoms with E-state index in [-0.39, 0.29) is 11.8 Å². The minimum absolute atomic E-state index is 0.0151. The Morgan fingerprint density at radius 2 is 1.83 bits per heavy atom. The second-order valence-electron chi connectivity index (χ2n) is 5.50. The van der Waals surface area contributed by atoms with Crippen molar-refractivity contribution < 1.29 is 9.59 Å². The zero-order valence-electron chi connectivity index (χ0n) is 11.3. The summed E-state index contributed by atoms with van der Waals surface area (Å²) in [5.74, 6) is 0.667. The van der Waals surface area contributed by atoms with Gasteiger partial charge in [-0.05, 0) is 31.7 Å². The first-order valence-electron chi connectivity index (χ1n) is 7.29. The molecule has 1 heterocycles. The number of nitrogens with zero attached hydrogens (tertiary/aromatic N) is 1. The third-order valence-electron chi connectivity index (χ3n) is 4.16. The van der Waals surface area contributed by atoms with E-state index < -0.39 is 0 Å². The van der Waals surface area contributed by atoms with Gasteiger partial charge in [0.05, 0.1) is 0 Å². The molecule has 2 rings (SSSR count). The van der Waals surface area contributed by atoms with Crippen LogP contribution in [0.4, 0.5) is 0 Å². The minimum atomic E-state index is 0.0151. The molecule has 4 nitrogen and oxygen atoms in total. The molecule has 2 fully saturated rings. The fourth-order valence-corrected chi connectivity index (χ4v) is 3.09. The lowest BCUT2D eigenvalue weighted by molar-refractivity contribution is -0.138. The highest BCUT2D eigenvalue weighted by molar-refractivity contribution is 6.01. The molecule has 0 aromatic heterocycles. The first-order valence-corrected chi connectivity index (χ1v) is 7.29. The maximum absolute atomic E-state index is 11.7. The van der Waals surface area contributed by atoms with E-state index in [0.29, 0.717) is 31.3 Å². The molecule has 18 heavy (non-hydrogen) atoms. The molecule has 0 aromatic rings. The first-order chi connectivity index (χ1) is 8.72. The van der Waals surface area contributed by atoms with Crippen molar-refractivity contribution in [2.45, 2.75) is 57.9 Å². The van der Waals surface area contributed by atoms with Crippen LogP contribution in [0.25, 0.3) is 0 Å². The van der Waals surface area contributed by atoms with Crippen LogP contribution >= 0.6 is 0 Å².